The molecule has 0 spiro atoms. The molecule has 0 saturated carbocycles. The van der Waals surface area contributed by atoms with Crippen LogP contribution in [0.2, 0.25) is 0 Å². The SMILES string of the molecule is CC12OCCN1c1ccccc1C2=O. The van der Waals surface area contributed by atoms with Gasteiger partial charge in [-0.05, 0) is 19.1 Å². The van der Waals surface area contributed by atoms with Crippen LogP contribution in [0.3, 0.4) is 0 Å². The number of fused-ring (bicyclic) bond motifs is 3. The molecule has 1 aromatic rings. The van der Waals surface area contributed by atoms with Crippen LogP contribution in [0.4, 0.5) is 5.69 Å². The highest BCUT2D eigenvalue weighted by atomic mass is 16.5. The van der Waals surface area contributed by atoms with E-state index >= 15 is 0 Å². The number of nitrogens with zero attached hydrogens (tertiary/aromatic N) is 1. The van der Waals surface area contributed by atoms with Crippen molar-refractivity contribution in [2.45, 2.75) is 12.6 Å². The number of hydrogen-bond donors (Lipinski definition) is 0. The van der Waals surface area contributed by atoms with E-state index in [9.17, 15) is 4.79 Å². The summed E-state index contributed by atoms with van der Waals surface area (Å²) in [5.74, 6) is 0.0885. The summed E-state index contributed by atoms with van der Waals surface area (Å²) < 4.78 is 5.54. The van der Waals surface area contributed by atoms with Crippen LogP contribution < -0.4 is 4.90 Å². The van der Waals surface area contributed by atoms with Gasteiger partial charge in [0.05, 0.1) is 12.3 Å². The van der Waals surface area contributed by atoms with Crippen LogP contribution in [0.25, 0.3) is 0 Å². The zero-order chi connectivity index (χ0) is 9.76. The van der Waals surface area contributed by atoms with Crippen molar-refractivity contribution in [1.82, 2.24) is 0 Å². The van der Waals surface area contributed by atoms with Gasteiger partial charge in [0, 0.05) is 12.1 Å². The molecule has 1 fully saturated rings. The molecule has 3 heteroatoms. The fourth-order valence-electron chi connectivity index (χ4n) is 2.32. The lowest BCUT2D eigenvalue weighted by Gasteiger charge is -2.25. The van der Waals surface area contributed by atoms with E-state index in [-0.39, 0.29) is 5.78 Å². The van der Waals surface area contributed by atoms with E-state index in [0.717, 1.165) is 17.8 Å². The highest BCUT2D eigenvalue weighted by molar-refractivity contribution is 6.13. The van der Waals surface area contributed by atoms with Crippen molar-refractivity contribution < 1.29 is 9.53 Å². The molecule has 14 heavy (non-hydrogen) atoms. The predicted molar refractivity (Wildman–Crippen MR) is 52.5 cm³/mol. The minimum absolute atomic E-state index is 0.0885. The van der Waals surface area contributed by atoms with Crippen molar-refractivity contribution in [3.63, 3.8) is 0 Å². The molecule has 0 aliphatic carbocycles. The summed E-state index contributed by atoms with van der Waals surface area (Å²) in [5, 5.41) is 0. The van der Waals surface area contributed by atoms with Gasteiger partial charge >= 0.3 is 0 Å². The fraction of sp³-hybridized carbons (Fsp3) is 0.364. The smallest absolute Gasteiger partial charge is 0.217 e. The molecule has 2 aliphatic rings. The first-order valence-corrected chi connectivity index (χ1v) is 4.79. The number of benzene rings is 1. The van der Waals surface area contributed by atoms with Crippen LogP contribution >= 0.6 is 0 Å². The van der Waals surface area contributed by atoms with Crippen molar-refractivity contribution in [2.24, 2.45) is 0 Å². The summed E-state index contributed by atoms with van der Waals surface area (Å²) in [5.41, 5.74) is 1.07. The van der Waals surface area contributed by atoms with Crippen LogP contribution in [0, 0.1) is 0 Å². The molecule has 0 radical (unpaired) electrons. The van der Waals surface area contributed by atoms with Crippen LogP contribution in [-0.2, 0) is 4.74 Å². The van der Waals surface area contributed by atoms with Crippen LogP contribution in [-0.4, -0.2) is 24.7 Å². The molecule has 2 heterocycles. The van der Waals surface area contributed by atoms with E-state index in [1.165, 1.54) is 0 Å². The van der Waals surface area contributed by atoms with Crippen molar-refractivity contribution in [2.75, 3.05) is 18.1 Å². The van der Waals surface area contributed by atoms with Gasteiger partial charge in [0.15, 0.2) is 0 Å². The minimum Gasteiger partial charge on any atom is -0.347 e. The number of Topliss-reactive ketones (excluding diaryl/α,β-unsaturated/α-hetero) is 1. The summed E-state index contributed by atoms with van der Waals surface area (Å²) in [4.78, 5) is 14.1. The lowest BCUT2D eigenvalue weighted by Crippen LogP contribution is -2.43. The number of para-hydroxylation sites is 1. The summed E-state index contributed by atoms with van der Waals surface area (Å²) in [7, 11) is 0. The second-order valence-electron chi connectivity index (χ2n) is 3.83. The molecular formula is C11H11NO2. The standard InChI is InChI=1S/C11H11NO2/c1-11-10(13)8-4-2-3-5-9(8)12(11)6-7-14-11/h2-5H,6-7H2,1H3. The second kappa shape index (κ2) is 2.36. The third-order valence-corrected chi connectivity index (χ3v) is 3.07. The predicted octanol–water partition coefficient (Wildman–Crippen LogP) is 1.44. The molecule has 3 rings (SSSR count). The number of hydrogen-bond acceptors (Lipinski definition) is 3. The molecule has 72 valence electrons. The van der Waals surface area contributed by atoms with Gasteiger partial charge in [-0.25, -0.2) is 0 Å². The summed E-state index contributed by atoms with van der Waals surface area (Å²) in [6, 6.07) is 7.69. The van der Waals surface area contributed by atoms with Crippen molar-refractivity contribution in [1.29, 1.82) is 0 Å². The molecule has 0 amide bonds. The second-order valence-corrected chi connectivity index (χ2v) is 3.83. The Hall–Kier alpha value is -1.35. The van der Waals surface area contributed by atoms with E-state index < -0.39 is 5.72 Å². The monoisotopic (exact) mass is 189 g/mol. The molecule has 2 aliphatic heterocycles. The zero-order valence-electron chi connectivity index (χ0n) is 7.99. The van der Waals surface area contributed by atoms with Crippen LogP contribution in [0.5, 0.6) is 0 Å². The molecule has 1 atom stereocenters. The van der Waals surface area contributed by atoms with Crippen LogP contribution in [0.15, 0.2) is 24.3 Å². The quantitative estimate of drug-likeness (QED) is 0.618. The van der Waals surface area contributed by atoms with Gasteiger partial charge in [0.25, 0.3) is 0 Å². The first-order valence-electron chi connectivity index (χ1n) is 4.79. The number of rotatable bonds is 0. The average Bonchev–Trinajstić information content (AvgIpc) is 2.67. The fourth-order valence-corrected chi connectivity index (χ4v) is 2.32. The molecule has 1 unspecified atom stereocenters. The summed E-state index contributed by atoms with van der Waals surface area (Å²) in [6.45, 7) is 3.29. The highest BCUT2D eigenvalue weighted by Crippen LogP contribution is 2.41. The van der Waals surface area contributed by atoms with E-state index in [2.05, 4.69) is 0 Å². The molecule has 1 saturated heterocycles. The van der Waals surface area contributed by atoms with E-state index in [1.807, 2.05) is 36.1 Å². The third kappa shape index (κ3) is 0.738. The maximum atomic E-state index is 12.0. The Morgan fingerprint density at radius 3 is 3.07 bits per heavy atom. The Morgan fingerprint density at radius 1 is 1.43 bits per heavy atom. The number of ketones is 1. The maximum absolute atomic E-state index is 12.0. The van der Waals surface area contributed by atoms with Gasteiger partial charge in [0.1, 0.15) is 0 Å². The Balaban J connectivity index is 2.24. The number of ether oxygens (including phenoxy) is 1. The lowest BCUT2D eigenvalue weighted by molar-refractivity contribution is 0.0259. The maximum Gasteiger partial charge on any atom is 0.217 e. The van der Waals surface area contributed by atoms with Gasteiger partial charge in [-0.1, -0.05) is 12.1 Å². The number of carbonyl (C=O) groups is 1. The van der Waals surface area contributed by atoms with E-state index in [0.29, 0.717) is 6.61 Å². The Morgan fingerprint density at radius 2 is 2.21 bits per heavy atom. The van der Waals surface area contributed by atoms with Crippen molar-refractivity contribution in [3.05, 3.63) is 29.8 Å². The van der Waals surface area contributed by atoms with Gasteiger partial charge in [-0.3, -0.25) is 4.79 Å². The molecule has 3 nitrogen and oxygen atoms in total. The molecule has 1 aromatic carbocycles. The first kappa shape index (κ1) is 8.00. The van der Waals surface area contributed by atoms with Crippen molar-refractivity contribution in [3.8, 4) is 0 Å². The van der Waals surface area contributed by atoms with Gasteiger partial charge < -0.3 is 9.64 Å². The normalized spacial score (nSPS) is 29.2. The van der Waals surface area contributed by atoms with Gasteiger partial charge in [-0.15, -0.1) is 0 Å². The Bertz CT molecular complexity index is 416. The molecule has 0 aromatic heterocycles. The minimum atomic E-state index is -0.732. The van der Waals surface area contributed by atoms with E-state index in [1.54, 1.807) is 0 Å². The van der Waals surface area contributed by atoms with Crippen molar-refractivity contribution >= 4 is 11.5 Å². The van der Waals surface area contributed by atoms with Gasteiger partial charge in [-0.2, -0.15) is 0 Å². The summed E-state index contributed by atoms with van der Waals surface area (Å²) in [6.07, 6.45) is 0. The lowest BCUT2D eigenvalue weighted by atomic mass is 10.1. The Kier molecular flexibility index (Phi) is 1.35. The Labute approximate surface area is 82.3 Å². The first-order chi connectivity index (χ1) is 6.73. The summed E-state index contributed by atoms with van der Waals surface area (Å²) >= 11 is 0. The number of carbonyl (C=O) groups excluding carboxylic acids is 1. The van der Waals surface area contributed by atoms with Crippen LogP contribution in [0.1, 0.15) is 17.3 Å². The average molecular weight is 189 g/mol. The highest BCUT2D eigenvalue weighted by Gasteiger charge is 2.51. The van der Waals surface area contributed by atoms with Gasteiger partial charge in [0.2, 0.25) is 11.5 Å². The molecule has 0 N–H and O–H groups in total. The largest absolute Gasteiger partial charge is 0.347 e. The molecule has 0 bridgehead atoms. The topological polar surface area (TPSA) is 29.5 Å². The zero-order valence-corrected chi connectivity index (χ0v) is 7.99. The molecular weight excluding hydrogens is 178 g/mol. The van der Waals surface area contributed by atoms with E-state index in [4.69, 9.17) is 4.74 Å². The number of anilines is 1. The third-order valence-electron chi connectivity index (χ3n) is 3.07.